The van der Waals surface area contributed by atoms with Crippen molar-refractivity contribution in [3.63, 3.8) is 0 Å². The van der Waals surface area contributed by atoms with Crippen LogP contribution in [0.4, 0.5) is 8.78 Å². The predicted octanol–water partition coefficient (Wildman–Crippen LogP) is 6.29. The third-order valence-corrected chi connectivity index (χ3v) is 8.63. The zero-order valence-electron chi connectivity index (χ0n) is 26.8. The zero-order valence-corrected chi connectivity index (χ0v) is 26.8. The highest BCUT2D eigenvalue weighted by Gasteiger charge is 2.32. The van der Waals surface area contributed by atoms with Gasteiger partial charge in [-0.25, -0.2) is 8.78 Å². The topological polar surface area (TPSA) is 81.7 Å². The van der Waals surface area contributed by atoms with E-state index in [1.54, 1.807) is 23.1 Å². The Morgan fingerprint density at radius 1 is 0.977 bits per heavy atom. The first-order valence-electron chi connectivity index (χ1n) is 16.0. The number of nitrogens with zero attached hydrogens (tertiary/aromatic N) is 1. The fourth-order valence-corrected chi connectivity index (χ4v) is 6.44. The molecule has 1 aliphatic carbocycles. The lowest BCUT2D eigenvalue weighted by Crippen LogP contribution is -2.52. The molecular formula is C35H51F2N3O3. The van der Waals surface area contributed by atoms with Crippen LogP contribution in [0.1, 0.15) is 98.6 Å². The summed E-state index contributed by atoms with van der Waals surface area (Å²) in [5, 5.41) is 17.9. The first-order chi connectivity index (χ1) is 20.4. The van der Waals surface area contributed by atoms with Crippen LogP contribution in [0.3, 0.4) is 0 Å². The summed E-state index contributed by atoms with van der Waals surface area (Å²) in [5.41, 5.74) is 1.83. The summed E-state index contributed by atoms with van der Waals surface area (Å²) < 4.78 is 28.1. The van der Waals surface area contributed by atoms with Gasteiger partial charge in [-0.3, -0.25) is 9.59 Å². The number of hydrogen-bond donors (Lipinski definition) is 3. The summed E-state index contributed by atoms with van der Waals surface area (Å²) in [4.78, 5) is 28.7. The molecular weight excluding hydrogens is 548 g/mol. The Morgan fingerprint density at radius 3 is 2.21 bits per heavy atom. The fourth-order valence-electron chi connectivity index (χ4n) is 6.44. The molecule has 0 radical (unpaired) electrons. The standard InChI is InChI=1S/C35H51F2N3O3/c1-7-11-40(12-8-2)35(43)27-14-24(6)13-26(19-27)34(42)39-32(18-25-16-28(36)20-29(37)17-25)33(41)21-38-31-15-23(5)9-10-30(31)22(3)4/h13-14,16-17,19-20,22-23,30-33,38,41H,7-12,15,18,21H2,1-6H3,(H,39,42)/t23-,30+,31-,32+,33-/m1/s1. The maximum atomic E-state index is 14.1. The minimum Gasteiger partial charge on any atom is -0.390 e. The highest BCUT2D eigenvalue weighted by molar-refractivity contribution is 6.00. The van der Waals surface area contributed by atoms with Gasteiger partial charge in [0.05, 0.1) is 12.1 Å². The van der Waals surface area contributed by atoms with Gasteiger partial charge in [0.15, 0.2) is 0 Å². The maximum Gasteiger partial charge on any atom is 0.253 e. The zero-order chi connectivity index (χ0) is 31.7. The van der Waals surface area contributed by atoms with Crippen molar-refractivity contribution in [1.82, 2.24) is 15.5 Å². The molecule has 8 heteroatoms. The number of aryl methyl sites for hydroxylation is 1. The van der Waals surface area contributed by atoms with Gasteiger partial charge in [-0.1, -0.05) is 41.0 Å². The Bertz CT molecular complexity index is 1190. The molecule has 0 aromatic heterocycles. The summed E-state index contributed by atoms with van der Waals surface area (Å²) in [7, 11) is 0. The molecule has 238 valence electrons. The van der Waals surface area contributed by atoms with Gasteiger partial charge in [-0.05, 0) is 98.2 Å². The largest absolute Gasteiger partial charge is 0.390 e. The molecule has 1 aliphatic rings. The van der Waals surface area contributed by atoms with E-state index >= 15 is 0 Å². The van der Waals surface area contributed by atoms with E-state index in [4.69, 9.17) is 0 Å². The molecule has 0 unspecified atom stereocenters. The average Bonchev–Trinajstić information content (AvgIpc) is 2.94. The number of nitrogens with one attached hydrogen (secondary N) is 2. The number of aliphatic hydroxyl groups is 1. The van der Waals surface area contributed by atoms with Crippen LogP contribution in [0.15, 0.2) is 36.4 Å². The normalized spacial score (nSPS) is 20.1. The van der Waals surface area contributed by atoms with Crippen molar-refractivity contribution >= 4 is 11.8 Å². The van der Waals surface area contributed by atoms with E-state index in [1.807, 2.05) is 20.8 Å². The number of halogens is 2. The Labute approximate surface area is 256 Å². The number of benzene rings is 2. The van der Waals surface area contributed by atoms with Gasteiger partial charge in [-0.2, -0.15) is 0 Å². The Balaban J connectivity index is 1.84. The molecule has 2 aromatic carbocycles. The van der Waals surface area contributed by atoms with E-state index in [-0.39, 0.29) is 24.9 Å². The Morgan fingerprint density at radius 2 is 1.60 bits per heavy atom. The van der Waals surface area contributed by atoms with Gasteiger partial charge in [0.1, 0.15) is 11.6 Å². The monoisotopic (exact) mass is 599 g/mol. The van der Waals surface area contributed by atoms with Crippen LogP contribution in [0.25, 0.3) is 0 Å². The minimum atomic E-state index is -1.02. The van der Waals surface area contributed by atoms with E-state index in [0.29, 0.717) is 47.5 Å². The molecule has 1 fully saturated rings. The number of aliphatic hydroxyl groups excluding tert-OH is 1. The summed E-state index contributed by atoms with van der Waals surface area (Å²) in [6.07, 6.45) is 4.00. The Hall–Kier alpha value is -2.84. The van der Waals surface area contributed by atoms with Crippen LogP contribution in [0.5, 0.6) is 0 Å². The molecule has 6 nitrogen and oxygen atoms in total. The van der Waals surface area contributed by atoms with Crippen molar-refractivity contribution < 1.29 is 23.5 Å². The van der Waals surface area contributed by atoms with E-state index in [9.17, 15) is 23.5 Å². The first kappa shape index (κ1) is 34.6. The van der Waals surface area contributed by atoms with E-state index < -0.39 is 29.7 Å². The van der Waals surface area contributed by atoms with Crippen molar-refractivity contribution in [2.45, 2.75) is 98.3 Å². The molecule has 2 aromatic rings. The van der Waals surface area contributed by atoms with Crippen LogP contribution in [-0.2, 0) is 6.42 Å². The number of hydrogen-bond acceptors (Lipinski definition) is 4. The van der Waals surface area contributed by atoms with Crippen LogP contribution < -0.4 is 10.6 Å². The van der Waals surface area contributed by atoms with Gasteiger partial charge < -0.3 is 20.6 Å². The third-order valence-electron chi connectivity index (χ3n) is 8.63. The summed E-state index contributed by atoms with van der Waals surface area (Å²) in [5.74, 6) is -0.446. The third kappa shape index (κ3) is 10.1. The van der Waals surface area contributed by atoms with E-state index in [0.717, 1.165) is 37.3 Å². The molecule has 5 atom stereocenters. The van der Waals surface area contributed by atoms with Crippen molar-refractivity contribution in [3.8, 4) is 0 Å². The van der Waals surface area contributed by atoms with Gasteiger partial charge in [0, 0.05) is 42.9 Å². The second-order valence-corrected chi connectivity index (χ2v) is 12.8. The highest BCUT2D eigenvalue weighted by atomic mass is 19.1. The summed E-state index contributed by atoms with van der Waals surface area (Å²) in [6.45, 7) is 14.0. The van der Waals surface area contributed by atoms with Gasteiger partial charge in [0.2, 0.25) is 0 Å². The molecule has 3 rings (SSSR count). The fraction of sp³-hybridized carbons (Fsp3) is 0.600. The quantitative estimate of drug-likeness (QED) is 0.239. The smallest absolute Gasteiger partial charge is 0.253 e. The molecule has 0 aliphatic heterocycles. The van der Waals surface area contributed by atoms with Crippen LogP contribution >= 0.6 is 0 Å². The molecule has 0 spiro atoms. The van der Waals surface area contributed by atoms with Crippen LogP contribution in [0.2, 0.25) is 0 Å². The molecule has 1 saturated carbocycles. The van der Waals surface area contributed by atoms with E-state index in [2.05, 4.69) is 31.4 Å². The number of amides is 2. The van der Waals surface area contributed by atoms with Crippen LogP contribution in [0, 0.1) is 36.3 Å². The average molecular weight is 600 g/mol. The van der Waals surface area contributed by atoms with Crippen molar-refractivity contribution in [3.05, 3.63) is 70.3 Å². The second kappa shape index (κ2) is 16.3. The van der Waals surface area contributed by atoms with Crippen LogP contribution in [-0.4, -0.2) is 59.6 Å². The number of carbonyl (C=O) groups is 2. The lowest BCUT2D eigenvalue weighted by atomic mass is 9.74. The summed E-state index contributed by atoms with van der Waals surface area (Å²) >= 11 is 0. The Kier molecular flexibility index (Phi) is 13.1. The number of rotatable bonds is 14. The second-order valence-electron chi connectivity index (χ2n) is 12.8. The molecule has 3 N–H and O–H groups in total. The molecule has 0 bridgehead atoms. The van der Waals surface area contributed by atoms with Gasteiger partial charge in [-0.15, -0.1) is 0 Å². The highest BCUT2D eigenvalue weighted by Crippen LogP contribution is 2.33. The minimum absolute atomic E-state index is 0.0380. The van der Waals surface area contributed by atoms with Crippen molar-refractivity contribution in [2.24, 2.45) is 17.8 Å². The van der Waals surface area contributed by atoms with Gasteiger partial charge >= 0.3 is 0 Å². The van der Waals surface area contributed by atoms with Crippen molar-refractivity contribution in [1.29, 1.82) is 0 Å². The lowest BCUT2D eigenvalue weighted by Gasteiger charge is -2.39. The molecule has 2 amide bonds. The lowest BCUT2D eigenvalue weighted by molar-refractivity contribution is 0.0755. The SMILES string of the molecule is CCCN(CCC)C(=O)c1cc(C)cc(C(=O)N[C@@H](Cc2cc(F)cc(F)c2)[C@H](O)CN[C@@H]2C[C@H](C)CC[C@H]2C(C)C)c1. The number of carbonyl (C=O) groups excluding carboxylic acids is 2. The predicted molar refractivity (Wildman–Crippen MR) is 168 cm³/mol. The maximum absolute atomic E-state index is 14.1. The first-order valence-corrected chi connectivity index (χ1v) is 16.0. The van der Waals surface area contributed by atoms with Gasteiger partial charge in [0.25, 0.3) is 11.8 Å². The molecule has 0 saturated heterocycles. The summed E-state index contributed by atoms with van der Waals surface area (Å²) in [6, 6.07) is 7.73. The van der Waals surface area contributed by atoms with Crippen molar-refractivity contribution in [2.75, 3.05) is 19.6 Å². The molecule has 43 heavy (non-hydrogen) atoms. The molecule has 0 heterocycles. The van der Waals surface area contributed by atoms with E-state index in [1.165, 1.54) is 18.6 Å².